The lowest BCUT2D eigenvalue weighted by Crippen LogP contribution is -2.40. The topological polar surface area (TPSA) is 64.0 Å². The van der Waals surface area contributed by atoms with Crippen molar-refractivity contribution in [2.24, 2.45) is 7.05 Å². The molecule has 0 atom stereocenters. The maximum atomic E-state index is 11.7. The summed E-state index contributed by atoms with van der Waals surface area (Å²) in [5.41, 5.74) is -0.478. The fraction of sp³-hybridized carbons (Fsp3) is 0.625. The summed E-state index contributed by atoms with van der Waals surface area (Å²) in [6.45, 7) is 5.38. The molecule has 0 unspecified atom stereocenters. The molecule has 0 aliphatic carbocycles. The molecule has 80 valence electrons. The van der Waals surface area contributed by atoms with E-state index in [4.69, 9.17) is 0 Å². The number of hydrogen-bond acceptors (Lipinski definition) is 3. The van der Waals surface area contributed by atoms with Gasteiger partial charge in [0.1, 0.15) is 4.90 Å². The van der Waals surface area contributed by atoms with Crippen LogP contribution in [-0.4, -0.2) is 23.7 Å². The highest BCUT2D eigenvalue weighted by Crippen LogP contribution is 2.10. The maximum Gasteiger partial charge on any atom is 0.244 e. The zero-order valence-corrected chi connectivity index (χ0v) is 9.59. The number of hydrogen-bond donors (Lipinski definition) is 1. The first-order valence-corrected chi connectivity index (χ1v) is 5.72. The van der Waals surface area contributed by atoms with Gasteiger partial charge in [0.2, 0.25) is 10.0 Å². The summed E-state index contributed by atoms with van der Waals surface area (Å²) in [7, 11) is -1.75. The molecule has 0 bridgehead atoms. The van der Waals surface area contributed by atoms with Gasteiger partial charge in [0.05, 0.1) is 6.20 Å². The van der Waals surface area contributed by atoms with Crippen LogP contribution in [0.1, 0.15) is 20.8 Å². The monoisotopic (exact) mass is 217 g/mol. The Balaban J connectivity index is 2.98. The largest absolute Gasteiger partial charge is 0.274 e. The molecule has 1 heterocycles. The Morgan fingerprint density at radius 2 is 2.00 bits per heavy atom. The molecule has 1 aromatic rings. The lowest BCUT2D eigenvalue weighted by Gasteiger charge is -2.19. The molecule has 0 saturated carbocycles. The van der Waals surface area contributed by atoms with Crippen LogP contribution in [0.2, 0.25) is 0 Å². The van der Waals surface area contributed by atoms with E-state index in [-0.39, 0.29) is 4.90 Å². The number of rotatable bonds is 2. The van der Waals surface area contributed by atoms with E-state index in [0.717, 1.165) is 0 Å². The van der Waals surface area contributed by atoms with Gasteiger partial charge in [-0.25, -0.2) is 13.1 Å². The number of aromatic nitrogens is 2. The molecular formula is C8H15N3O2S. The van der Waals surface area contributed by atoms with Gasteiger partial charge in [-0.3, -0.25) is 4.68 Å². The van der Waals surface area contributed by atoms with Crippen LogP contribution in [0.15, 0.2) is 17.3 Å². The van der Waals surface area contributed by atoms with Gasteiger partial charge in [-0.15, -0.1) is 0 Å². The summed E-state index contributed by atoms with van der Waals surface area (Å²) in [4.78, 5) is 0.190. The van der Waals surface area contributed by atoms with E-state index < -0.39 is 15.6 Å². The number of nitrogens with zero attached hydrogens (tertiary/aromatic N) is 2. The molecule has 5 nitrogen and oxygen atoms in total. The van der Waals surface area contributed by atoms with Crippen molar-refractivity contribution >= 4 is 10.0 Å². The minimum atomic E-state index is -3.43. The lowest BCUT2D eigenvalue weighted by atomic mass is 10.1. The summed E-state index contributed by atoms with van der Waals surface area (Å²) in [6.07, 6.45) is 2.79. The van der Waals surface area contributed by atoms with E-state index in [1.54, 1.807) is 27.8 Å². The van der Waals surface area contributed by atoms with Crippen LogP contribution in [0.3, 0.4) is 0 Å². The van der Waals surface area contributed by atoms with Crippen LogP contribution in [0.5, 0.6) is 0 Å². The molecule has 1 aromatic heterocycles. The Hall–Kier alpha value is -0.880. The van der Waals surface area contributed by atoms with E-state index in [1.165, 1.54) is 17.1 Å². The summed E-state index contributed by atoms with van der Waals surface area (Å²) >= 11 is 0. The van der Waals surface area contributed by atoms with Crippen molar-refractivity contribution in [1.82, 2.24) is 14.5 Å². The first-order chi connectivity index (χ1) is 6.21. The second kappa shape index (κ2) is 3.36. The zero-order chi connectivity index (χ0) is 11.0. The van der Waals surface area contributed by atoms with Gasteiger partial charge in [0.15, 0.2) is 0 Å². The molecule has 0 saturated heterocycles. The summed E-state index contributed by atoms with van der Waals surface area (Å²) in [5.74, 6) is 0. The average Bonchev–Trinajstić information content (AvgIpc) is 2.29. The normalized spacial score (nSPS) is 13.1. The van der Waals surface area contributed by atoms with E-state index in [1.807, 2.05) is 0 Å². The fourth-order valence-electron chi connectivity index (χ4n) is 1.000. The van der Waals surface area contributed by atoms with Gasteiger partial charge in [0, 0.05) is 18.8 Å². The van der Waals surface area contributed by atoms with Crippen molar-refractivity contribution in [3.05, 3.63) is 12.4 Å². The SMILES string of the molecule is Cn1cc(S(=O)(=O)NC(C)(C)C)cn1. The Labute approximate surface area is 84.2 Å². The first-order valence-electron chi connectivity index (χ1n) is 4.23. The third-order valence-electron chi connectivity index (χ3n) is 1.43. The van der Waals surface area contributed by atoms with E-state index in [0.29, 0.717) is 0 Å². The predicted octanol–water partition coefficient (Wildman–Crippen LogP) is 0.497. The number of sulfonamides is 1. The predicted molar refractivity (Wildman–Crippen MR) is 53.3 cm³/mol. The number of aryl methyl sites for hydroxylation is 1. The van der Waals surface area contributed by atoms with Crippen LogP contribution in [-0.2, 0) is 17.1 Å². The minimum Gasteiger partial charge on any atom is -0.274 e. The minimum absolute atomic E-state index is 0.190. The molecule has 0 radical (unpaired) electrons. The van der Waals surface area contributed by atoms with Crippen LogP contribution in [0.4, 0.5) is 0 Å². The van der Waals surface area contributed by atoms with E-state index >= 15 is 0 Å². The standard InChI is InChI=1S/C8H15N3O2S/c1-8(2,3)10-14(12,13)7-5-9-11(4)6-7/h5-6,10H,1-4H3. The Morgan fingerprint density at radius 3 is 2.36 bits per heavy atom. The molecule has 0 aliphatic heterocycles. The van der Waals surface area contributed by atoms with Crippen LogP contribution < -0.4 is 4.72 Å². The summed E-state index contributed by atoms with van der Waals surface area (Å²) in [6, 6.07) is 0. The molecule has 0 amide bonds. The van der Waals surface area contributed by atoms with Crippen LogP contribution in [0, 0.1) is 0 Å². The third kappa shape index (κ3) is 2.81. The van der Waals surface area contributed by atoms with E-state index in [9.17, 15) is 8.42 Å². The molecule has 1 N–H and O–H groups in total. The van der Waals surface area contributed by atoms with Gasteiger partial charge < -0.3 is 0 Å². The van der Waals surface area contributed by atoms with Gasteiger partial charge in [0.25, 0.3) is 0 Å². The molecule has 14 heavy (non-hydrogen) atoms. The Bertz CT molecular complexity index is 414. The van der Waals surface area contributed by atoms with Crippen molar-refractivity contribution in [1.29, 1.82) is 0 Å². The lowest BCUT2D eigenvalue weighted by molar-refractivity contribution is 0.491. The summed E-state index contributed by atoms with van der Waals surface area (Å²) < 4.78 is 27.4. The van der Waals surface area contributed by atoms with Crippen molar-refractivity contribution in [3.8, 4) is 0 Å². The molecule has 0 aliphatic rings. The highest BCUT2D eigenvalue weighted by molar-refractivity contribution is 7.89. The average molecular weight is 217 g/mol. The van der Waals surface area contributed by atoms with Crippen LogP contribution >= 0.6 is 0 Å². The second-order valence-electron chi connectivity index (χ2n) is 4.21. The van der Waals surface area contributed by atoms with E-state index in [2.05, 4.69) is 9.82 Å². The molecular weight excluding hydrogens is 202 g/mol. The van der Waals surface area contributed by atoms with Crippen molar-refractivity contribution in [2.45, 2.75) is 31.2 Å². The Morgan fingerprint density at radius 1 is 1.43 bits per heavy atom. The number of nitrogens with one attached hydrogen (secondary N) is 1. The Kier molecular flexibility index (Phi) is 2.69. The van der Waals surface area contributed by atoms with Gasteiger partial charge in [-0.2, -0.15) is 5.10 Å². The fourth-order valence-corrected chi connectivity index (χ4v) is 2.40. The zero-order valence-electron chi connectivity index (χ0n) is 8.77. The van der Waals surface area contributed by atoms with Crippen molar-refractivity contribution in [3.63, 3.8) is 0 Å². The van der Waals surface area contributed by atoms with Gasteiger partial charge >= 0.3 is 0 Å². The molecule has 6 heteroatoms. The summed E-state index contributed by atoms with van der Waals surface area (Å²) in [5, 5.41) is 3.81. The molecule has 0 spiro atoms. The van der Waals surface area contributed by atoms with Crippen LogP contribution in [0.25, 0.3) is 0 Å². The second-order valence-corrected chi connectivity index (χ2v) is 5.89. The third-order valence-corrected chi connectivity index (χ3v) is 3.14. The van der Waals surface area contributed by atoms with Gasteiger partial charge in [-0.05, 0) is 20.8 Å². The highest BCUT2D eigenvalue weighted by Gasteiger charge is 2.22. The first kappa shape index (κ1) is 11.2. The highest BCUT2D eigenvalue weighted by atomic mass is 32.2. The molecule has 0 aromatic carbocycles. The smallest absolute Gasteiger partial charge is 0.244 e. The van der Waals surface area contributed by atoms with Crippen molar-refractivity contribution < 1.29 is 8.42 Å². The maximum absolute atomic E-state index is 11.7. The van der Waals surface area contributed by atoms with Gasteiger partial charge in [-0.1, -0.05) is 0 Å². The quantitative estimate of drug-likeness (QED) is 0.784. The molecule has 0 fully saturated rings. The molecule has 1 rings (SSSR count). The van der Waals surface area contributed by atoms with Crippen molar-refractivity contribution in [2.75, 3.05) is 0 Å².